The Bertz CT molecular complexity index is 938. The number of likely N-dealkylation sites (tertiary alicyclic amines) is 2. The van der Waals surface area contributed by atoms with E-state index in [2.05, 4.69) is 24.3 Å². The second-order valence-electron chi connectivity index (χ2n) is 8.60. The molecule has 2 aromatic carbocycles. The van der Waals surface area contributed by atoms with Gasteiger partial charge in [-0.25, -0.2) is 4.79 Å². The first-order valence-corrected chi connectivity index (χ1v) is 11.0. The number of benzene rings is 2. The first kappa shape index (κ1) is 19.6. The third-order valence-corrected chi connectivity index (χ3v) is 6.85. The van der Waals surface area contributed by atoms with Gasteiger partial charge in [0.2, 0.25) is 0 Å². The lowest BCUT2D eigenvalue weighted by Gasteiger charge is -2.46. The molecule has 5 nitrogen and oxygen atoms in total. The van der Waals surface area contributed by atoms with Gasteiger partial charge >= 0.3 is 6.03 Å². The second-order valence-corrected chi connectivity index (χ2v) is 9.04. The van der Waals surface area contributed by atoms with Gasteiger partial charge in [0.25, 0.3) is 0 Å². The molecule has 3 aliphatic rings. The number of carbonyl (C=O) groups excluding carboxylic acids is 2. The summed E-state index contributed by atoms with van der Waals surface area (Å²) in [6, 6.07) is 16.5. The molecule has 2 aromatic rings. The third-order valence-electron chi connectivity index (χ3n) is 6.59. The van der Waals surface area contributed by atoms with Crippen molar-refractivity contribution < 1.29 is 14.3 Å². The number of urea groups is 1. The van der Waals surface area contributed by atoms with Crippen molar-refractivity contribution in [2.45, 2.75) is 24.9 Å². The zero-order valence-electron chi connectivity index (χ0n) is 16.8. The van der Waals surface area contributed by atoms with Crippen LogP contribution in [0.5, 0.6) is 0 Å². The van der Waals surface area contributed by atoms with Crippen molar-refractivity contribution in [2.24, 2.45) is 5.92 Å². The van der Waals surface area contributed by atoms with Crippen molar-refractivity contribution in [1.29, 1.82) is 0 Å². The molecule has 0 N–H and O–H groups in total. The van der Waals surface area contributed by atoms with E-state index in [-0.39, 0.29) is 30.4 Å². The van der Waals surface area contributed by atoms with Gasteiger partial charge < -0.3 is 14.5 Å². The Morgan fingerprint density at radius 3 is 2.30 bits per heavy atom. The summed E-state index contributed by atoms with van der Waals surface area (Å²) in [4.78, 5) is 28.4. The predicted molar refractivity (Wildman–Crippen MR) is 116 cm³/mol. The molecule has 0 aromatic heterocycles. The molecule has 3 heterocycles. The molecule has 3 fully saturated rings. The summed E-state index contributed by atoms with van der Waals surface area (Å²) in [5.41, 5.74) is 3.57. The fourth-order valence-corrected chi connectivity index (χ4v) is 4.91. The van der Waals surface area contributed by atoms with Gasteiger partial charge in [0.05, 0.1) is 6.10 Å². The Hall–Kier alpha value is -2.37. The minimum atomic E-state index is 0.0977. The Morgan fingerprint density at radius 2 is 1.60 bits per heavy atom. The van der Waals surface area contributed by atoms with Crippen molar-refractivity contribution in [2.75, 3.05) is 32.8 Å². The van der Waals surface area contributed by atoms with Crippen LogP contribution in [0.25, 0.3) is 11.1 Å². The van der Waals surface area contributed by atoms with Gasteiger partial charge in [-0.3, -0.25) is 4.79 Å². The van der Waals surface area contributed by atoms with Gasteiger partial charge in [-0.05, 0) is 35.2 Å². The molecular weight excluding hydrogens is 400 g/mol. The lowest BCUT2D eigenvalue weighted by Crippen LogP contribution is -2.58. The van der Waals surface area contributed by atoms with Crippen molar-refractivity contribution in [3.63, 3.8) is 0 Å². The summed E-state index contributed by atoms with van der Waals surface area (Å²) < 4.78 is 5.64. The first-order valence-electron chi connectivity index (χ1n) is 10.6. The number of ether oxygens (including phenoxy) is 1. The monoisotopic (exact) mass is 424 g/mol. The largest absolute Gasteiger partial charge is 0.370 e. The summed E-state index contributed by atoms with van der Waals surface area (Å²) in [5.74, 6) is 0.684. The molecule has 3 saturated heterocycles. The van der Waals surface area contributed by atoms with Crippen LogP contribution in [0.1, 0.15) is 24.3 Å². The SMILES string of the molecule is O=C1CO[C@H]2CCN(C(=O)N3CC(c4ccc(-c5ccc(Cl)cc5)cc4)C3)C[C@H]2C1. The predicted octanol–water partition coefficient (Wildman–Crippen LogP) is 4.21. The van der Waals surface area contributed by atoms with Crippen LogP contribution < -0.4 is 0 Å². The second kappa shape index (κ2) is 8.05. The number of ketones is 1. The summed E-state index contributed by atoms with van der Waals surface area (Å²) in [5, 5.41) is 0.737. The topological polar surface area (TPSA) is 49.9 Å². The maximum absolute atomic E-state index is 12.9. The number of halogens is 1. The molecule has 3 aliphatic heterocycles. The van der Waals surface area contributed by atoms with Crippen LogP contribution in [-0.2, 0) is 9.53 Å². The van der Waals surface area contributed by atoms with E-state index in [0.717, 1.165) is 35.7 Å². The molecular formula is C24H25ClN2O3. The van der Waals surface area contributed by atoms with Crippen LogP contribution in [0.2, 0.25) is 5.02 Å². The highest BCUT2D eigenvalue weighted by Crippen LogP contribution is 2.32. The molecule has 2 amide bonds. The van der Waals surface area contributed by atoms with Gasteiger partial charge in [-0.15, -0.1) is 0 Å². The number of piperidine rings is 1. The smallest absolute Gasteiger partial charge is 0.320 e. The van der Waals surface area contributed by atoms with Crippen LogP contribution >= 0.6 is 11.6 Å². The Morgan fingerprint density at radius 1 is 0.933 bits per heavy atom. The van der Waals surface area contributed by atoms with Gasteiger partial charge in [-0.2, -0.15) is 0 Å². The number of fused-ring (bicyclic) bond motifs is 1. The summed E-state index contributed by atoms with van der Waals surface area (Å²) in [6.45, 7) is 3.08. The number of amides is 2. The molecule has 0 bridgehead atoms. The van der Waals surface area contributed by atoms with Crippen molar-refractivity contribution >= 4 is 23.4 Å². The Balaban J connectivity index is 1.16. The van der Waals surface area contributed by atoms with E-state index in [0.29, 0.717) is 25.4 Å². The fourth-order valence-electron chi connectivity index (χ4n) is 4.79. The minimum absolute atomic E-state index is 0.0977. The minimum Gasteiger partial charge on any atom is -0.370 e. The van der Waals surface area contributed by atoms with Crippen molar-refractivity contribution in [3.8, 4) is 11.1 Å². The van der Waals surface area contributed by atoms with Gasteiger partial charge in [0, 0.05) is 49.5 Å². The number of Topliss-reactive ketones (excluding diaryl/α,β-unsaturated/α-hetero) is 1. The van der Waals surface area contributed by atoms with E-state index in [4.69, 9.17) is 16.3 Å². The molecule has 6 heteroatoms. The van der Waals surface area contributed by atoms with Crippen LogP contribution in [0.15, 0.2) is 48.5 Å². The van der Waals surface area contributed by atoms with Crippen LogP contribution in [0.3, 0.4) is 0 Å². The molecule has 0 spiro atoms. The van der Waals surface area contributed by atoms with E-state index in [1.807, 2.05) is 34.1 Å². The van der Waals surface area contributed by atoms with Crippen LogP contribution in [0.4, 0.5) is 4.79 Å². The normalized spacial score (nSPS) is 24.4. The molecule has 0 unspecified atom stereocenters. The first-order chi connectivity index (χ1) is 14.6. The molecule has 156 valence electrons. The third kappa shape index (κ3) is 3.84. The lowest BCUT2D eigenvalue weighted by atomic mass is 9.87. The quantitative estimate of drug-likeness (QED) is 0.725. The zero-order chi connectivity index (χ0) is 20.7. The van der Waals surface area contributed by atoms with Gasteiger partial charge in [0.1, 0.15) is 6.61 Å². The molecule has 5 rings (SSSR count). The van der Waals surface area contributed by atoms with Crippen molar-refractivity contribution in [1.82, 2.24) is 9.80 Å². The fraction of sp³-hybridized carbons (Fsp3) is 0.417. The highest BCUT2D eigenvalue weighted by Gasteiger charge is 2.40. The van der Waals surface area contributed by atoms with Crippen LogP contribution in [0, 0.1) is 5.92 Å². The Labute approximate surface area is 181 Å². The van der Waals surface area contributed by atoms with E-state index in [9.17, 15) is 9.59 Å². The maximum atomic E-state index is 12.9. The molecule has 0 radical (unpaired) electrons. The number of carbonyl (C=O) groups is 2. The molecule has 2 atom stereocenters. The molecule has 0 saturated carbocycles. The average molecular weight is 425 g/mol. The van der Waals surface area contributed by atoms with Crippen molar-refractivity contribution in [3.05, 3.63) is 59.1 Å². The average Bonchev–Trinajstić information content (AvgIpc) is 2.73. The number of rotatable bonds is 2. The summed E-state index contributed by atoms with van der Waals surface area (Å²) in [6.07, 6.45) is 1.50. The van der Waals surface area contributed by atoms with Gasteiger partial charge in [-0.1, -0.05) is 48.0 Å². The van der Waals surface area contributed by atoms with E-state index in [1.165, 1.54) is 5.56 Å². The lowest BCUT2D eigenvalue weighted by molar-refractivity contribution is -0.140. The van der Waals surface area contributed by atoms with Gasteiger partial charge in [0.15, 0.2) is 5.78 Å². The Kier molecular flexibility index (Phi) is 5.25. The summed E-state index contributed by atoms with van der Waals surface area (Å²) >= 11 is 5.97. The maximum Gasteiger partial charge on any atom is 0.320 e. The molecule has 30 heavy (non-hydrogen) atoms. The van der Waals surface area contributed by atoms with E-state index >= 15 is 0 Å². The van der Waals surface area contributed by atoms with E-state index in [1.54, 1.807) is 0 Å². The highest BCUT2D eigenvalue weighted by molar-refractivity contribution is 6.30. The summed E-state index contributed by atoms with van der Waals surface area (Å²) in [7, 11) is 0. The van der Waals surface area contributed by atoms with E-state index < -0.39 is 0 Å². The number of hydrogen-bond acceptors (Lipinski definition) is 3. The molecule has 0 aliphatic carbocycles. The highest BCUT2D eigenvalue weighted by atomic mass is 35.5. The standard InChI is InChI=1S/C24H25ClN2O3/c25-21-7-5-17(6-8-21)16-1-3-18(4-2-16)20-13-27(14-20)24(29)26-10-9-23-19(12-26)11-22(28)15-30-23/h1-8,19-20,23H,9-15H2/t19-,23+/m1/s1. The number of nitrogens with zero attached hydrogens (tertiary/aromatic N) is 2. The number of hydrogen-bond donors (Lipinski definition) is 0. The zero-order valence-corrected chi connectivity index (χ0v) is 17.6. The van der Waals surface area contributed by atoms with Crippen LogP contribution in [-0.4, -0.2) is 60.5 Å².